The van der Waals surface area contributed by atoms with Crippen LogP contribution in [-0.2, 0) is 0 Å². The van der Waals surface area contributed by atoms with E-state index in [0.717, 1.165) is 28.3 Å². The smallest absolute Gasteiger partial charge is 0.261 e. The van der Waals surface area contributed by atoms with Crippen molar-refractivity contribution >= 4 is 43.3 Å². The normalized spacial score (nSPS) is 11.8. The second kappa shape index (κ2) is 6.88. The molecule has 0 aliphatic heterocycles. The third kappa shape index (κ3) is 3.64. The van der Waals surface area contributed by atoms with E-state index >= 15 is 0 Å². The lowest BCUT2D eigenvalue weighted by molar-refractivity contribution is 0.0936. The summed E-state index contributed by atoms with van der Waals surface area (Å²) in [6.45, 7) is 4.92. The Hall–Kier alpha value is -0.940. The fourth-order valence-corrected chi connectivity index (χ4v) is 4.20. The fourth-order valence-electron chi connectivity index (χ4n) is 2.21. The Bertz CT molecular complexity index is 628. The van der Waals surface area contributed by atoms with Gasteiger partial charge in [-0.15, -0.1) is 11.3 Å². The number of fused-ring (bicyclic) bond motifs is 1. The van der Waals surface area contributed by atoms with Crippen molar-refractivity contribution in [3.05, 3.63) is 35.0 Å². The first-order valence-electron chi connectivity index (χ1n) is 7.07. The Balaban J connectivity index is 2.12. The molecule has 0 aliphatic rings. The Morgan fingerprint density at radius 3 is 2.67 bits per heavy atom. The van der Waals surface area contributed by atoms with E-state index in [-0.39, 0.29) is 17.1 Å². The number of hydrogen-bond acceptors (Lipinski definition) is 2. The minimum atomic E-state index is -0.272. The molecule has 1 aromatic carbocycles. The molecule has 0 saturated heterocycles. The molecule has 0 saturated carbocycles. The zero-order valence-electron chi connectivity index (χ0n) is 12.2. The standard InChI is InChI=1S/C16H19BrFNOS/c1-3-16(4-2,9-17)10-19-15(20)14-7-11-5-6-12(18)8-13(11)21-14/h5-8H,3-4,9-10H2,1-2H3,(H,19,20). The van der Waals surface area contributed by atoms with Crippen molar-refractivity contribution in [3.8, 4) is 0 Å². The summed E-state index contributed by atoms with van der Waals surface area (Å²) in [4.78, 5) is 12.9. The average Bonchev–Trinajstić information content (AvgIpc) is 2.92. The van der Waals surface area contributed by atoms with Crippen molar-refractivity contribution in [2.75, 3.05) is 11.9 Å². The zero-order valence-corrected chi connectivity index (χ0v) is 14.6. The summed E-state index contributed by atoms with van der Waals surface area (Å²) in [5.41, 5.74) is 0.0957. The van der Waals surface area contributed by atoms with Crippen molar-refractivity contribution in [2.45, 2.75) is 26.7 Å². The zero-order chi connectivity index (χ0) is 15.5. The highest BCUT2D eigenvalue weighted by atomic mass is 79.9. The number of amides is 1. The molecule has 2 nitrogen and oxygen atoms in total. The molecule has 1 N–H and O–H groups in total. The van der Waals surface area contributed by atoms with Crippen LogP contribution in [0.2, 0.25) is 0 Å². The number of nitrogens with one attached hydrogen (secondary N) is 1. The molecule has 1 heterocycles. The predicted molar refractivity (Wildman–Crippen MR) is 90.9 cm³/mol. The molecule has 2 rings (SSSR count). The van der Waals surface area contributed by atoms with E-state index in [9.17, 15) is 9.18 Å². The number of benzene rings is 1. The molecule has 0 spiro atoms. The maximum absolute atomic E-state index is 13.2. The van der Waals surface area contributed by atoms with E-state index in [1.165, 1.54) is 23.5 Å². The minimum Gasteiger partial charge on any atom is -0.351 e. The lowest BCUT2D eigenvalue weighted by atomic mass is 9.84. The van der Waals surface area contributed by atoms with Crippen molar-refractivity contribution < 1.29 is 9.18 Å². The lowest BCUT2D eigenvalue weighted by Crippen LogP contribution is -2.37. The molecule has 0 radical (unpaired) electrons. The molecule has 114 valence electrons. The Morgan fingerprint density at radius 1 is 1.33 bits per heavy atom. The number of thiophene rings is 1. The van der Waals surface area contributed by atoms with Gasteiger partial charge in [0, 0.05) is 16.6 Å². The fraction of sp³-hybridized carbons (Fsp3) is 0.438. The van der Waals surface area contributed by atoms with Gasteiger partial charge in [-0.3, -0.25) is 4.79 Å². The van der Waals surface area contributed by atoms with Crippen LogP contribution in [0.5, 0.6) is 0 Å². The van der Waals surface area contributed by atoms with Crippen LogP contribution in [0.1, 0.15) is 36.4 Å². The maximum atomic E-state index is 13.2. The molecule has 5 heteroatoms. The summed E-state index contributed by atoms with van der Waals surface area (Å²) in [6, 6.07) is 6.42. The molecule has 1 aromatic heterocycles. The van der Waals surface area contributed by atoms with Crippen LogP contribution in [0.4, 0.5) is 4.39 Å². The van der Waals surface area contributed by atoms with Crippen LogP contribution in [0.25, 0.3) is 10.1 Å². The molecule has 0 fully saturated rings. The van der Waals surface area contributed by atoms with Crippen molar-refractivity contribution in [2.24, 2.45) is 5.41 Å². The van der Waals surface area contributed by atoms with Gasteiger partial charge < -0.3 is 5.32 Å². The topological polar surface area (TPSA) is 29.1 Å². The van der Waals surface area contributed by atoms with Crippen molar-refractivity contribution in [1.29, 1.82) is 0 Å². The third-order valence-electron chi connectivity index (χ3n) is 4.11. The van der Waals surface area contributed by atoms with Crippen LogP contribution in [0.3, 0.4) is 0 Å². The number of carbonyl (C=O) groups is 1. The van der Waals surface area contributed by atoms with E-state index in [1.54, 1.807) is 6.07 Å². The highest BCUT2D eigenvalue weighted by Gasteiger charge is 2.25. The maximum Gasteiger partial charge on any atom is 0.261 e. The summed E-state index contributed by atoms with van der Waals surface area (Å²) in [6.07, 6.45) is 2.01. The SMILES string of the molecule is CCC(CC)(CBr)CNC(=O)c1cc2ccc(F)cc2s1. The number of rotatable bonds is 6. The van der Waals surface area contributed by atoms with E-state index in [4.69, 9.17) is 0 Å². The van der Waals surface area contributed by atoms with Crippen LogP contribution in [0.15, 0.2) is 24.3 Å². The van der Waals surface area contributed by atoms with Crippen LogP contribution in [-0.4, -0.2) is 17.8 Å². The monoisotopic (exact) mass is 371 g/mol. The average molecular weight is 372 g/mol. The van der Waals surface area contributed by atoms with Crippen molar-refractivity contribution in [1.82, 2.24) is 5.32 Å². The summed E-state index contributed by atoms with van der Waals surface area (Å²) < 4.78 is 14.0. The molecule has 2 aromatic rings. The second-order valence-corrected chi connectivity index (χ2v) is 6.96. The van der Waals surface area contributed by atoms with E-state index < -0.39 is 0 Å². The number of alkyl halides is 1. The van der Waals surface area contributed by atoms with E-state index in [2.05, 4.69) is 35.1 Å². The predicted octanol–water partition coefficient (Wildman–Crippen LogP) is 4.97. The second-order valence-electron chi connectivity index (χ2n) is 5.32. The largest absolute Gasteiger partial charge is 0.351 e. The van der Waals surface area contributed by atoms with Gasteiger partial charge in [-0.25, -0.2) is 4.39 Å². The highest BCUT2D eigenvalue weighted by Crippen LogP contribution is 2.29. The number of hydrogen-bond donors (Lipinski definition) is 1. The summed E-state index contributed by atoms with van der Waals surface area (Å²) in [5.74, 6) is -0.351. The molecular weight excluding hydrogens is 353 g/mol. The Morgan fingerprint density at radius 2 is 2.05 bits per heavy atom. The van der Waals surface area contributed by atoms with Gasteiger partial charge in [0.15, 0.2) is 0 Å². The number of halogens is 2. The van der Waals surface area contributed by atoms with Crippen molar-refractivity contribution in [3.63, 3.8) is 0 Å². The molecule has 1 amide bonds. The number of carbonyl (C=O) groups excluding carboxylic acids is 1. The van der Waals surface area contributed by atoms with Gasteiger partial charge in [0.1, 0.15) is 5.82 Å². The highest BCUT2D eigenvalue weighted by molar-refractivity contribution is 9.09. The van der Waals surface area contributed by atoms with Gasteiger partial charge in [0.2, 0.25) is 0 Å². The van der Waals surface area contributed by atoms with E-state index in [0.29, 0.717) is 11.4 Å². The molecule has 21 heavy (non-hydrogen) atoms. The van der Waals surface area contributed by atoms with Gasteiger partial charge in [-0.2, -0.15) is 0 Å². The van der Waals surface area contributed by atoms with E-state index in [1.807, 2.05) is 6.07 Å². The quantitative estimate of drug-likeness (QED) is 0.713. The molecular formula is C16H19BrFNOS. The lowest BCUT2D eigenvalue weighted by Gasteiger charge is -2.29. The Kier molecular flexibility index (Phi) is 5.38. The summed E-state index contributed by atoms with van der Waals surface area (Å²) in [5, 5.41) is 4.79. The van der Waals surface area contributed by atoms with Crippen LogP contribution < -0.4 is 5.32 Å². The summed E-state index contributed by atoms with van der Waals surface area (Å²) >= 11 is 4.87. The first kappa shape index (κ1) is 16.4. The van der Waals surface area contributed by atoms with Gasteiger partial charge in [0.05, 0.1) is 4.88 Å². The van der Waals surface area contributed by atoms with Gasteiger partial charge in [0.25, 0.3) is 5.91 Å². The summed E-state index contributed by atoms with van der Waals surface area (Å²) in [7, 11) is 0. The van der Waals surface area contributed by atoms with Gasteiger partial charge >= 0.3 is 0 Å². The molecule has 0 atom stereocenters. The first-order valence-corrected chi connectivity index (χ1v) is 9.00. The third-order valence-corrected chi connectivity index (χ3v) is 6.40. The molecule has 0 unspecified atom stereocenters. The van der Waals surface area contributed by atoms with Gasteiger partial charge in [-0.05, 0) is 41.8 Å². The van der Waals surface area contributed by atoms with Crippen LogP contribution in [0, 0.1) is 11.2 Å². The van der Waals surface area contributed by atoms with Crippen LogP contribution >= 0.6 is 27.3 Å². The Labute approximate surface area is 136 Å². The molecule has 0 aliphatic carbocycles. The first-order chi connectivity index (χ1) is 10.0. The minimum absolute atomic E-state index is 0.0798. The van der Waals surface area contributed by atoms with Gasteiger partial charge in [-0.1, -0.05) is 35.8 Å². The molecule has 0 bridgehead atoms.